The highest BCUT2D eigenvalue weighted by atomic mass is 35.5. The molecule has 0 aliphatic carbocycles. The number of nitrogens with one attached hydrogen (secondary N) is 1. The molecule has 7 heteroatoms. The van der Waals surface area contributed by atoms with Crippen molar-refractivity contribution in [2.75, 3.05) is 36.4 Å². The monoisotopic (exact) mass is 469 g/mol. The standard InChI is InChI=1S/C25H25Cl2N3O2/c1-16(2)25(32)30-13-11-29(12-14-30)23-10-9-17(26)15-22(23)28-24(31)20-7-3-6-19-18(20)5-4-8-21(19)27/h3-10,15-16H,11-14H2,1-2H3,(H,28,31). The number of hydrogen-bond donors (Lipinski definition) is 1. The van der Waals surface area contributed by atoms with Crippen LogP contribution in [0.25, 0.3) is 10.8 Å². The van der Waals surface area contributed by atoms with Gasteiger partial charge < -0.3 is 15.1 Å². The van der Waals surface area contributed by atoms with E-state index in [-0.39, 0.29) is 17.7 Å². The van der Waals surface area contributed by atoms with Crippen LogP contribution in [-0.4, -0.2) is 42.9 Å². The zero-order chi connectivity index (χ0) is 22.8. The average Bonchev–Trinajstić information content (AvgIpc) is 2.79. The fraction of sp³-hybridized carbons (Fsp3) is 0.280. The SMILES string of the molecule is CC(C)C(=O)N1CCN(c2ccc(Cl)cc2NC(=O)c2cccc3c(Cl)cccc23)CC1. The zero-order valence-corrected chi connectivity index (χ0v) is 19.6. The number of carbonyl (C=O) groups excluding carboxylic acids is 2. The van der Waals surface area contributed by atoms with Crippen molar-refractivity contribution in [2.45, 2.75) is 13.8 Å². The quantitative estimate of drug-likeness (QED) is 0.532. The van der Waals surface area contributed by atoms with E-state index < -0.39 is 0 Å². The Labute approximate surface area is 197 Å². The van der Waals surface area contributed by atoms with Crippen LogP contribution in [0.1, 0.15) is 24.2 Å². The third-order valence-electron chi connectivity index (χ3n) is 5.75. The number of anilines is 2. The lowest BCUT2D eigenvalue weighted by molar-refractivity contribution is -0.134. The van der Waals surface area contributed by atoms with Crippen LogP contribution in [0.4, 0.5) is 11.4 Å². The van der Waals surface area contributed by atoms with Crippen molar-refractivity contribution in [1.82, 2.24) is 4.90 Å². The van der Waals surface area contributed by atoms with Crippen LogP contribution in [0.2, 0.25) is 10.0 Å². The van der Waals surface area contributed by atoms with Crippen molar-refractivity contribution in [3.8, 4) is 0 Å². The number of amides is 2. The summed E-state index contributed by atoms with van der Waals surface area (Å²) >= 11 is 12.6. The van der Waals surface area contributed by atoms with Crippen LogP contribution in [0, 0.1) is 5.92 Å². The van der Waals surface area contributed by atoms with Gasteiger partial charge in [0, 0.05) is 53.1 Å². The second kappa shape index (κ2) is 9.39. The molecule has 0 bridgehead atoms. The van der Waals surface area contributed by atoms with E-state index >= 15 is 0 Å². The van der Waals surface area contributed by atoms with Gasteiger partial charge in [-0.2, -0.15) is 0 Å². The van der Waals surface area contributed by atoms with Crippen LogP contribution in [0.5, 0.6) is 0 Å². The van der Waals surface area contributed by atoms with Crippen LogP contribution in [-0.2, 0) is 4.79 Å². The topological polar surface area (TPSA) is 52.7 Å². The Balaban J connectivity index is 1.58. The molecular formula is C25H25Cl2N3O2. The summed E-state index contributed by atoms with van der Waals surface area (Å²) in [5, 5.41) is 5.81. The number of rotatable bonds is 4. The summed E-state index contributed by atoms with van der Waals surface area (Å²) in [6.45, 7) is 6.51. The Morgan fingerprint density at radius 2 is 1.59 bits per heavy atom. The fourth-order valence-corrected chi connectivity index (χ4v) is 4.49. The minimum Gasteiger partial charge on any atom is -0.366 e. The van der Waals surface area contributed by atoms with Crippen LogP contribution < -0.4 is 10.2 Å². The smallest absolute Gasteiger partial charge is 0.256 e. The molecule has 1 saturated heterocycles. The van der Waals surface area contributed by atoms with E-state index in [2.05, 4.69) is 10.2 Å². The van der Waals surface area contributed by atoms with Gasteiger partial charge in [-0.1, -0.05) is 61.3 Å². The van der Waals surface area contributed by atoms with Gasteiger partial charge in [0.2, 0.25) is 5.91 Å². The Morgan fingerprint density at radius 1 is 0.906 bits per heavy atom. The van der Waals surface area contributed by atoms with E-state index in [9.17, 15) is 9.59 Å². The lowest BCUT2D eigenvalue weighted by Crippen LogP contribution is -2.50. The second-order valence-electron chi connectivity index (χ2n) is 8.22. The molecular weight excluding hydrogens is 445 g/mol. The van der Waals surface area contributed by atoms with Gasteiger partial charge in [-0.3, -0.25) is 9.59 Å². The maximum atomic E-state index is 13.2. The Morgan fingerprint density at radius 3 is 2.31 bits per heavy atom. The molecule has 2 amide bonds. The molecule has 0 spiro atoms. The van der Waals surface area contributed by atoms with E-state index in [0.717, 1.165) is 16.5 Å². The van der Waals surface area contributed by atoms with Crippen molar-refractivity contribution in [1.29, 1.82) is 0 Å². The predicted molar refractivity (Wildman–Crippen MR) is 132 cm³/mol. The molecule has 1 aliphatic heterocycles. The van der Waals surface area contributed by atoms with Gasteiger partial charge >= 0.3 is 0 Å². The summed E-state index contributed by atoms with van der Waals surface area (Å²) in [6, 6.07) is 16.5. The summed E-state index contributed by atoms with van der Waals surface area (Å²) in [5.41, 5.74) is 2.08. The fourth-order valence-electron chi connectivity index (χ4n) is 4.08. The lowest BCUT2D eigenvalue weighted by Gasteiger charge is -2.37. The Bertz CT molecular complexity index is 1170. The zero-order valence-electron chi connectivity index (χ0n) is 18.1. The van der Waals surface area contributed by atoms with E-state index in [1.807, 2.05) is 61.2 Å². The highest BCUT2D eigenvalue weighted by molar-refractivity contribution is 6.36. The third-order valence-corrected chi connectivity index (χ3v) is 6.31. The van der Waals surface area contributed by atoms with Crippen LogP contribution >= 0.6 is 23.2 Å². The molecule has 3 aromatic rings. The first-order valence-electron chi connectivity index (χ1n) is 10.7. The minimum atomic E-state index is -0.227. The minimum absolute atomic E-state index is 0.0128. The number of fused-ring (bicyclic) bond motifs is 1. The molecule has 0 radical (unpaired) electrons. The first-order chi connectivity index (χ1) is 15.3. The summed E-state index contributed by atoms with van der Waals surface area (Å²) < 4.78 is 0. The average molecular weight is 470 g/mol. The maximum Gasteiger partial charge on any atom is 0.256 e. The van der Waals surface area contributed by atoms with Gasteiger partial charge in [0.1, 0.15) is 0 Å². The molecule has 1 heterocycles. The first-order valence-corrected chi connectivity index (χ1v) is 11.4. The molecule has 5 nitrogen and oxygen atoms in total. The molecule has 32 heavy (non-hydrogen) atoms. The van der Waals surface area contributed by atoms with Gasteiger partial charge in [-0.15, -0.1) is 0 Å². The van der Waals surface area contributed by atoms with E-state index in [1.54, 1.807) is 12.1 Å². The second-order valence-corrected chi connectivity index (χ2v) is 9.07. The van der Waals surface area contributed by atoms with Crippen molar-refractivity contribution < 1.29 is 9.59 Å². The highest BCUT2D eigenvalue weighted by Crippen LogP contribution is 2.32. The van der Waals surface area contributed by atoms with E-state index in [1.165, 1.54) is 0 Å². The molecule has 0 saturated carbocycles. The number of nitrogens with zero attached hydrogens (tertiary/aromatic N) is 2. The Kier molecular flexibility index (Phi) is 6.58. The summed E-state index contributed by atoms with van der Waals surface area (Å²) in [7, 11) is 0. The molecule has 1 N–H and O–H groups in total. The number of carbonyl (C=O) groups is 2. The van der Waals surface area contributed by atoms with Crippen molar-refractivity contribution in [2.24, 2.45) is 5.92 Å². The third kappa shape index (κ3) is 4.54. The number of hydrogen-bond acceptors (Lipinski definition) is 3. The lowest BCUT2D eigenvalue weighted by atomic mass is 10.0. The van der Waals surface area contributed by atoms with Crippen LogP contribution in [0.15, 0.2) is 54.6 Å². The van der Waals surface area contributed by atoms with E-state index in [4.69, 9.17) is 23.2 Å². The molecule has 3 aromatic carbocycles. The van der Waals surface area contributed by atoms with Gasteiger partial charge in [0.15, 0.2) is 0 Å². The molecule has 0 unspecified atom stereocenters. The van der Waals surface area contributed by atoms with Gasteiger partial charge in [0.25, 0.3) is 5.91 Å². The Hall–Kier alpha value is -2.76. The van der Waals surface area contributed by atoms with Crippen molar-refractivity contribution in [3.05, 3.63) is 70.2 Å². The van der Waals surface area contributed by atoms with Crippen LogP contribution in [0.3, 0.4) is 0 Å². The summed E-state index contributed by atoms with van der Waals surface area (Å²) in [6.07, 6.45) is 0. The molecule has 0 aromatic heterocycles. The van der Waals surface area contributed by atoms with Crippen molar-refractivity contribution >= 4 is 57.2 Å². The first kappa shape index (κ1) is 22.4. The van der Waals surface area contributed by atoms with Crippen molar-refractivity contribution in [3.63, 3.8) is 0 Å². The summed E-state index contributed by atoms with van der Waals surface area (Å²) in [5.74, 6) is -0.0694. The number of piperazine rings is 1. The van der Waals surface area contributed by atoms with E-state index in [0.29, 0.717) is 47.5 Å². The largest absolute Gasteiger partial charge is 0.366 e. The molecule has 4 rings (SSSR count). The maximum absolute atomic E-state index is 13.2. The van der Waals surface area contributed by atoms with Gasteiger partial charge in [-0.05, 0) is 35.7 Å². The number of benzene rings is 3. The molecule has 1 aliphatic rings. The molecule has 1 fully saturated rings. The highest BCUT2D eigenvalue weighted by Gasteiger charge is 2.25. The molecule has 166 valence electrons. The summed E-state index contributed by atoms with van der Waals surface area (Å²) in [4.78, 5) is 29.6. The predicted octanol–water partition coefficient (Wildman–Crippen LogP) is 5.70. The number of halogens is 2. The van der Waals surface area contributed by atoms with Gasteiger partial charge in [0.05, 0.1) is 11.4 Å². The normalized spacial score (nSPS) is 14.2. The molecule has 0 atom stereocenters. The van der Waals surface area contributed by atoms with Gasteiger partial charge in [-0.25, -0.2) is 0 Å².